The fourth-order valence-electron chi connectivity index (χ4n) is 3.56. The van der Waals surface area contributed by atoms with Gasteiger partial charge in [-0.25, -0.2) is 0 Å². The molecule has 1 aromatic carbocycles. The maximum atomic E-state index is 12.6. The van der Waals surface area contributed by atoms with Crippen LogP contribution in [0.3, 0.4) is 0 Å². The lowest BCUT2D eigenvalue weighted by Gasteiger charge is -2.35. The number of carbonyl (C=O) groups is 2. The highest BCUT2D eigenvalue weighted by Gasteiger charge is 2.26. The zero-order chi connectivity index (χ0) is 18.6. The van der Waals surface area contributed by atoms with E-state index in [2.05, 4.69) is 21.7 Å². The zero-order valence-electron chi connectivity index (χ0n) is 15.2. The lowest BCUT2D eigenvalue weighted by molar-refractivity contribution is -0.132. The van der Waals surface area contributed by atoms with Gasteiger partial charge >= 0.3 is 0 Å². The first-order chi connectivity index (χ1) is 13.2. The Kier molecular flexibility index (Phi) is 5.80. The minimum Gasteiger partial charge on any atom is -0.340 e. The van der Waals surface area contributed by atoms with Gasteiger partial charge in [0.05, 0.1) is 11.4 Å². The number of piperazine rings is 1. The second kappa shape index (κ2) is 8.46. The summed E-state index contributed by atoms with van der Waals surface area (Å²) >= 11 is 3.30. The molecular weight excluding hydrogens is 378 g/mol. The molecule has 5 nitrogen and oxygen atoms in total. The molecule has 142 valence electrons. The number of para-hydroxylation sites is 1. The number of carbonyl (C=O) groups excluding carboxylic acids is 2. The molecule has 2 aromatic rings. The first-order valence-electron chi connectivity index (χ1n) is 9.24. The third-order valence-corrected chi connectivity index (χ3v) is 6.85. The summed E-state index contributed by atoms with van der Waals surface area (Å²) in [7, 11) is 0. The third-order valence-electron chi connectivity index (χ3n) is 5.07. The summed E-state index contributed by atoms with van der Waals surface area (Å²) in [5.41, 5.74) is 2.28. The van der Waals surface area contributed by atoms with E-state index >= 15 is 0 Å². The van der Waals surface area contributed by atoms with Gasteiger partial charge in [-0.1, -0.05) is 12.1 Å². The standard InChI is InChI=1S/C20H23N3O2S2/c24-19(22-10-8-21(9-11-22)13-16-6-12-26-14-16)5-7-23-17-3-1-2-4-18(17)27-15-20(23)25/h1-4,6,12,14H,5,7-11,13,15H2. The second-order valence-corrected chi connectivity index (χ2v) is 8.64. The Bertz CT molecular complexity index is 801. The van der Waals surface area contributed by atoms with Gasteiger partial charge in [0.1, 0.15) is 0 Å². The number of thioether (sulfide) groups is 1. The summed E-state index contributed by atoms with van der Waals surface area (Å²) in [6.07, 6.45) is 0.384. The van der Waals surface area contributed by atoms with Crippen LogP contribution in [0.4, 0.5) is 5.69 Å². The Morgan fingerprint density at radius 1 is 1.07 bits per heavy atom. The van der Waals surface area contributed by atoms with Crippen LogP contribution in [0.25, 0.3) is 0 Å². The minimum atomic E-state index is 0.0899. The van der Waals surface area contributed by atoms with Crippen molar-refractivity contribution in [2.45, 2.75) is 17.9 Å². The number of anilines is 1. The molecular formula is C20H23N3O2S2. The molecule has 1 saturated heterocycles. The highest BCUT2D eigenvalue weighted by molar-refractivity contribution is 8.00. The van der Waals surface area contributed by atoms with Gasteiger partial charge in [0.2, 0.25) is 11.8 Å². The number of rotatable bonds is 5. The van der Waals surface area contributed by atoms with Crippen molar-refractivity contribution in [2.24, 2.45) is 0 Å². The average Bonchev–Trinajstić information content (AvgIpc) is 3.20. The third kappa shape index (κ3) is 4.36. The van der Waals surface area contributed by atoms with Gasteiger partial charge in [-0.2, -0.15) is 11.3 Å². The van der Waals surface area contributed by atoms with Crippen molar-refractivity contribution >= 4 is 40.6 Å². The SMILES string of the molecule is O=C(CCN1C(=O)CSc2ccccc21)N1CCN(Cc2ccsc2)CC1. The molecule has 27 heavy (non-hydrogen) atoms. The summed E-state index contributed by atoms with van der Waals surface area (Å²) in [5.74, 6) is 0.688. The predicted molar refractivity (Wildman–Crippen MR) is 110 cm³/mol. The van der Waals surface area contributed by atoms with E-state index in [1.54, 1.807) is 28.0 Å². The molecule has 2 aliphatic rings. The molecule has 1 aromatic heterocycles. The van der Waals surface area contributed by atoms with Crippen molar-refractivity contribution in [1.82, 2.24) is 9.80 Å². The monoisotopic (exact) mass is 401 g/mol. The van der Waals surface area contributed by atoms with Gasteiger partial charge in [-0.05, 0) is 34.5 Å². The topological polar surface area (TPSA) is 43.9 Å². The van der Waals surface area contributed by atoms with Crippen molar-refractivity contribution in [3.05, 3.63) is 46.7 Å². The van der Waals surface area contributed by atoms with E-state index < -0.39 is 0 Å². The van der Waals surface area contributed by atoms with Crippen LogP contribution in [0.5, 0.6) is 0 Å². The molecule has 0 radical (unpaired) electrons. The predicted octanol–water partition coefficient (Wildman–Crippen LogP) is 2.92. The van der Waals surface area contributed by atoms with Crippen molar-refractivity contribution in [3.63, 3.8) is 0 Å². The summed E-state index contributed by atoms with van der Waals surface area (Å²) in [4.78, 5) is 32.2. The van der Waals surface area contributed by atoms with Crippen LogP contribution in [0.15, 0.2) is 46.0 Å². The van der Waals surface area contributed by atoms with Crippen LogP contribution in [0.2, 0.25) is 0 Å². The van der Waals surface area contributed by atoms with Crippen molar-refractivity contribution < 1.29 is 9.59 Å². The molecule has 0 bridgehead atoms. The van der Waals surface area contributed by atoms with Crippen molar-refractivity contribution in [3.8, 4) is 0 Å². The fraction of sp³-hybridized carbons (Fsp3) is 0.400. The van der Waals surface area contributed by atoms with Gasteiger partial charge in [0, 0.05) is 50.6 Å². The van der Waals surface area contributed by atoms with Gasteiger partial charge in [-0.15, -0.1) is 11.8 Å². The molecule has 4 rings (SSSR count). The molecule has 7 heteroatoms. The Morgan fingerprint density at radius 3 is 2.67 bits per heavy atom. The second-order valence-electron chi connectivity index (χ2n) is 6.84. The average molecular weight is 402 g/mol. The summed E-state index contributed by atoms with van der Waals surface area (Å²) in [6.45, 7) is 4.77. The minimum absolute atomic E-state index is 0.0899. The number of hydrogen-bond acceptors (Lipinski definition) is 5. The molecule has 3 heterocycles. The van der Waals surface area contributed by atoms with Crippen LogP contribution < -0.4 is 4.90 Å². The summed E-state index contributed by atoms with van der Waals surface area (Å²) < 4.78 is 0. The Labute approximate surface area is 167 Å². The lowest BCUT2D eigenvalue weighted by Crippen LogP contribution is -2.49. The molecule has 0 atom stereocenters. The van der Waals surface area contributed by atoms with Gasteiger partial charge in [0.15, 0.2) is 0 Å². The number of hydrogen-bond donors (Lipinski definition) is 0. The quantitative estimate of drug-likeness (QED) is 0.773. The van der Waals surface area contributed by atoms with E-state index in [1.807, 2.05) is 29.2 Å². The maximum Gasteiger partial charge on any atom is 0.237 e. The molecule has 0 unspecified atom stereocenters. The normalized spacial score (nSPS) is 17.9. The van der Waals surface area contributed by atoms with E-state index in [0.717, 1.165) is 43.3 Å². The number of fused-ring (bicyclic) bond motifs is 1. The highest BCUT2D eigenvalue weighted by atomic mass is 32.2. The first-order valence-corrected chi connectivity index (χ1v) is 11.2. The smallest absolute Gasteiger partial charge is 0.237 e. The zero-order valence-corrected chi connectivity index (χ0v) is 16.8. The maximum absolute atomic E-state index is 12.6. The molecule has 0 N–H and O–H groups in total. The molecule has 2 amide bonds. The summed E-state index contributed by atoms with van der Waals surface area (Å²) in [5, 5.41) is 4.29. The van der Waals surface area contributed by atoms with Gasteiger partial charge in [-0.3, -0.25) is 14.5 Å². The van der Waals surface area contributed by atoms with E-state index in [9.17, 15) is 9.59 Å². The number of benzene rings is 1. The van der Waals surface area contributed by atoms with Crippen LogP contribution in [0, 0.1) is 0 Å². The Balaban J connectivity index is 1.28. The molecule has 2 aliphatic heterocycles. The fourth-order valence-corrected chi connectivity index (χ4v) is 5.16. The number of nitrogens with zero attached hydrogens (tertiary/aromatic N) is 3. The molecule has 0 spiro atoms. The molecule has 0 aliphatic carbocycles. The Morgan fingerprint density at radius 2 is 1.89 bits per heavy atom. The van der Waals surface area contributed by atoms with E-state index in [4.69, 9.17) is 0 Å². The van der Waals surface area contributed by atoms with Gasteiger partial charge in [0.25, 0.3) is 0 Å². The highest BCUT2D eigenvalue weighted by Crippen LogP contribution is 2.34. The van der Waals surface area contributed by atoms with Crippen LogP contribution in [-0.4, -0.2) is 60.1 Å². The van der Waals surface area contributed by atoms with Gasteiger partial charge < -0.3 is 9.80 Å². The van der Waals surface area contributed by atoms with Crippen LogP contribution in [0.1, 0.15) is 12.0 Å². The van der Waals surface area contributed by atoms with Crippen LogP contribution in [-0.2, 0) is 16.1 Å². The number of amides is 2. The first kappa shape index (κ1) is 18.5. The van der Waals surface area contributed by atoms with Crippen molar-refractivity contribution in [2.75, 3.05) is 43.4 Å². The van der Waals surface area contributed by atoms with E-state index in [-0.39, 0.29) is 11.8 Å². The van der Waals surface area contributed by atoms with E-state index in [1.165, 1.54) is 5.56 Å². The Hall–Kier alpha value is -1.83. The lowest BCUT2D eigenvalue weighted by atomic mass is 10.2. The number of thiophene rings is 1. The molecule has 0 saturated carbocycles. The van der Waals surface area contributed by atoms with Crippen LogP contribution >= 0.6 is 23.1 Å². The van der Waals surface area contributed by atoms with E-state index in [0.29, 0.717) is 18.7 Å². The molecule has 1 fully saturated rings. The van der Waals surface area contributed by atoms with Crippen molar-refractivity contribution in [1.29, 1.82) is 0 Å². The summed E-state index contributed by atoms with van der Waals surface area (Å²) in [6, 6.07) is 10.1. The largest absolute Gasteiger partial charge is 0.340 e.